The van der Waals surface area contributed by atoms with Crippen molar-refractivity contribution in [3.05, 3.63) is 64.7 Å². The minimum atomic E-state index is -4.61. The average Bonchev–Trinajstić information content (AvgIpc) is 2.86. The van der Waals surface area contributed by atoms with Crippen LogP contribution in [0.5, 0.6) is 5.75 Å². The molecular formula is C30H37F3N2O5. The largest absolute Gasteiger partial charge is 0.493 e. The SMILES string of the molecule is CC(C)(C)OC(=O)NC1(CCc2ccc(OCCCc3ccc(C#N)cc3)c(C(F)(F)F)c2)COC(C)(C)OC1. The zero-order valence-corrected chi connectivity index (χ0v) is 23.6. The molecule has 40 heavy (non-hydrogen) atoms. The van der Waals surface area contributed by atoms with Gasteiger partial charge in [0, 0.05) is 0 Å². The molecule has 2 aromatic carbocycles. The van der Waals surface area contributed by atoms with Crippen LogP contribution in [0, 0.1) is 11.3 Å². The molecule has 1 aliphatic rings. The molecule has 7 nitrogen and oxygen atoms in total. The molecule has 1 saturated heterocycles. The number of alkyl carbamates (subject to hydrolysis) is 1. The number of hydrogen-bond acceptors (Lipinski definition) is 6. The molecule has 10 heteroatoms. The van der Waals surface area contributed by atoms with Crippen LogP contribution in [0.15, 0.2) is 42.5 Å². The van der Waals surface area contributed by atoms with E-state index in [1.165, 1.54) is 6.07 Å². The van der Waals surface area contributed by atoms with E-state index >= 15 is 0 Å². The predicted octanol–water partition coefficient (Wildman–Crippen LogP) is 6.57. The number of amides is 1. The van der Waals surface area contributed by atoms with Crippen LogP contribution in [0.2, 0.25) is 0 Å². The molecule has 1 aliphatic heterocycles. The van der Waals surface area contributed by atoms with Crippen molar-refractivity contribution in [2.75, 3.05) is 19.8 Å². The number of ether oxygens (including phenoxy) is 4. The Bertz CT molecular complexity index is 1190. The van der Waals surface area contributed by atoms with Crippen molar-refractivity contribution in [3.63, 3.8) is 0 Å². The second-order valence-electron chi connectivity index (χ2n) is 11.5. The number of nitrogens with one attached hydrogen (secondary N) is 1. The Morgan fingerprint density at radius 3 is 2.23 bits per heavy atom. The van der Waals surface area contributed by atoms with Crippen molar-refractivity contribution in [2.24, 2.45) is 0 Å². The van der Waals surface area contributed by atoms with E-state index in [-0.39, 0.29) is 38.4 Å². The van der Waals surface area contributed by atoms with Crippen LogP contribution in [0.25, 0.3) is 0 Å². The fraction of sp³-hybridized carbons (Fsp3) is 0.533. The van der Waals surface area contributed by atoms with Gasteiger partial charge in [-0.25, -0.2) is 4.79 Å². The van der Waals surface area contributed by atoms with Crippen molar-refractivity contribution in [2.45, 2.75) is 83.4 Å². The highest BCUT2D eigenvalue weighted by atomic mass is 19.4. The number of alkyl halides is 3. The molecule has 218 valence electrons. The first-order valence-corrected chi connectivity index (χ1v) is 13.2. The molecule has 0 spiro atoms. The molecule has 2 aromatic rings. The third-order valence-electron chi connectivity index (χ3n) is 6.35. The first-order valence-electron chi connectivity index (χ1n) is 13.2. The maximum Gasteiger partial charge on any atom is 0.419 e. The smallest absolute Gasteiger partial charge is 0.419 e. The number of carbonyl (C=O) groups excluding carboxylic acids is 1. The number of benzene rings is 2. The summed E-state index contributed by atoms with van der Waals surface area (Å²) < 4.78 is 64.3. The zero-order chi connectivity index (χ0) is 29.6. The minimum Gasteiger partial charge on any atom is -0.493 e. The number of hydrogen-bond donors (Lipinski definition) is 1. The second kappa shape index (κ2) is 12.5. The standard InChI is InChI=1S/C30H37F3N2O5/c1-27(2,3)40-26(36)35-29(19-38-28(4,5)39-20-29)15-14-22-12-13-25(24(17-22)30(31,32)33)37-16-6-7-21-8-10-23(18-34)11-9-21/h8-13,17H,6-7,14-16,19-20H2,1-5H3,(H,35,36). The van der Waals surface area contributed by atoms with E-state index in [0.29, 0.717) is 24.0 Å². The molecule has 0 atom stereocenters. The molecule has 3 rings (SSSR count). The lowest BCUT2D eigenvalue weighted by molar-refractivity contribution is -0.271. The third-order valence-corrected chi connectivity index (χ3v) is 6.35. The summed E-state index contributed by atoms with van der Waals surface area (Å²) >= 11 is 0. The molecule has 0 unspecified atom stereocenters. The summed E-state index contributed by atoms with van der Waals surface area (Å²) in [6, 6.07) is 13.1. The first kappa shape index (κ1) is 31.2. The molecular weight excluding hydrogens is 525 g/mol. The summed E-state index contributed by atoms with van der Waals surface area (Å²) in [5.41, 5.74) is -0.588. The molecule has 0 saturated carbocycles. The van der Waals surface area contributed by atoms with E-state index in [0.717, 1.165) is 11.6 Å². The molecule has 1 amide bonds. The van der Waals surface area contributed by atoms with Gasteiger partial charge in [-0.1, -0.05) is 18.2 Å². The number of carbonyl (C=O) groups is 1. The van der Waals surface area contributed by atoms with Crippen molar-refractivity contribution < 1.29 is 36.9 Å². The predicted molar refractivity (Wildman–Crippen MR) is 143 cm³/mol. The minimum absolute atomic E-state index is 0.107. The quantitative estimate of drug-likeness (QED) is 0.348. The lowest BCUT2D eigenvalue weighted by atomic mass is 9.91. The molecule has 0 aromatic heterocycles. The van der Waals surface area contributed by atoms with Crippen LogP contribution < -0.4 is 10.1 Å². The summed E-state index contributed by atoms with van der Waals surface area (Å²) in [6.45, 7) is 9.07. The van der Waals surface area contributed by atoms with Gasteiger partial charge in [0.05, 0.1) is 42.6 Å². The van der Waals surface area contributed by atoms with Crippen LogP contribution in [-0.2, 0) is 33.2 Å². The van der Waals surface area contributed by atoms with Crippen LogP contribution >= 0.6 is 0 Å². The number of nitriles is 1. The van der Waals surface area contributed by atoms with Crippen LogP contribution in [0.3, 0.4) is 0 Å². The number of aryl methyl sites for hydroxylation is 2. The van der Waals surface area contributed by atoms with Crippen LogP contribution in [-0.4, -0.2) is 42.8 Å². The molecule has 0 aliphatic carbocycles. The lowest BCUT2D eigenvalue weighted by Crippen LogP contribution is -2.61. The summed E-state index contributed by atoms with van der Waals surface area (Å²) in [7, 11) is 0. The van der Waals surface area contributed by atoms with Crippen LogP contribution in [0.1, 0.15) is 69.7 Å². The van der Waals surface area contributed by atoms with E-state index in [2.05, 4.69) is 5.32 Å². The van der Waals surface area contributed by atoms with Gasteiger partial charge in [0.15, 0.2) is 5.79 Å². The van der Waals surface area contributed by atoms with Gasteiger partial charge in [0.2, 0.25) is 0 Å². The fourth-order valence-corrected chi connectivity index (χ4v) is 4.17. The first-order chi connectivity index (χ1) is 18.6. The van der Waals surface area contributed by atoms with Crippen LogP contribution in [0.4, 0.5) is 18.0 Å². The lowest BCUT2D eigenvalue weighted by Gasteiger charge is -2.44. The van der Waals surface area contributed by atoms with Gasteiger partial charge in [-0.15, -0.1) is 0 Å². The Hall–Kier alpha value is -3.29. The maximum absolute atomic E-state index is 13.9. The Morgan fingerprint density at radius 2 is 1.65 bits per heavy atom. The third kappa shape index (κ3) is 9.42. The number of nitrogens with zero attached hydrogens (tertiary/aromatic N) is 1. The average molecular weight is 563 g/mol. The van der Waals surface area contributed by atoms with Gasteiger partial charge in [0.1, 0.15) is 11.4 Å². The highest BCUT2D eigenvalue weighted by molar-refractivity contribution is 5.69. The van der Waals surface area contributed by atoms with Gasteiger partial charge >= 0.3 is 12.3 Å². The Balaban J connectivity index is 1.67. The fourth-order valence-electron chi connectivity index (χ4n) is 4.17. The Kier molecular flexibility index (Phi) is 9.75. The van der Waals surface area contributed by atoms with Crippen molar-refractivity contribution in [1.29, 1.82) is 5.26 Å². The van der Waals surface area contributed by atoms with E-state index in [1.807, 2.05) is 18.2 Å². The van der Waals surface area contributed by atoms with Crippen molar-refractivity contribution in [3.8, 4) is 11.8 Å². The maximum atomic E-state index is 13.9. The highest BCUT2D eigenvalue weighted by Crippen LogP contribution is 2.38. The van der Waals surface area contributed by atoms with E-state index < -0.39 is 34.8 Å². The van der Waals surface area contributed by atoms with Gasteiger partial charge < -0.3 is 24.3 Å². The molecule has 1 heterocycles. The Morgan fingerprint density at radius 1 is 1.02 bits per heavy atom. The molecule has 1 N–H and O–H groups in total. The molecule has 1 fully saturated rings. The van der Waals surface area contributed by atoms with Crippen molar-refractivity contribution >= 4 is 6.09 Å². The zero-order valence-electron chi connectivity index (χ0n) is 23.6. The highest BCUT2D eigenvalue weighted by Gasteiger charge is 2.42. The molecule has 0 radical (unpaired) electrons. The summed E-state index contributed by atoms with van der Waals surface area (Å²) in [6.07, 6.45) is -3.64. The topological polar surface area (TPSA) is 89.8 Å². The normalized spacial score (nSPS) is 16.6. The van der Waals surface area contributed by atoms with E-state index in [9.17, 15) is 18.0 Å². The van der Waals surface area contributed by atoms with Gasteiger partial charge in [-0.2, -0.15) is 18.4 Å². The summed E-state index contributed by atoms with van der Waals surface area (Å²) in [5.74, 6) is -1.08. The second-order valence-corrected chi connectivity index (χ2v) is 11.5. The van der Waals surface area contributed by atoms with Gasteiger partial charge in [0.25, 0.3) is 0 Å². The van der Waals surface area contributed by atoms with Gasteiger partial charge in [-0.3, -0.25) is 0 Å². The summed E-state index contributed by atoms with van der Waals surface area (Å²) in [4.78, 5) is 12.6. The number of halogens is 3. The van der Waals surface area contributed by atoms with Crippen molar-refractivity contribution in [1.82, 2.24) is 5.32 Å². The molecule has 0 bridgehead atoms. The Labute approximate surface area is 233 Å². The summed E-state index contributed by atoms with van der Waals surface area (Å²) in [5, 5.41) is 11.7. The number of rotatable bonds is 9. The van der Waals surface area contributed by atoms with E-state index in [4.69, 9.17) is 24.2 Å². The van der Waals surface area contributed by atoms with E-state index in [1.54, 1.807) is 52.8 Å². The monoisotopic (exact) mass is 562 g/mol. The van der Waals surface area contributed by atoms with Gasteiger partial charge in [-0.05, 0) is 95.7 Å².